The molecule has 0 aliphatic heterocycles. The lowest BCUT2D eigenvalue weighted by Gasteiger charge is -2.11. The topological polar surface area (TPSA) is 70.0 Å². The van der Waals surface area contributed by atoms with E-state index in [1.54, 1.807) is 25.1 Å². The Morgan fingerprint density at radius 1 is 1.24 bits per heavy atom. The third kappa shape index (κ3) is 3.56. The van der Waals surface area contributed by atoms with E-state index in [2.05, 4.69) is 20.7 Å². The van der Waals surface area contributed by atoms with E-state index in [1.807, 2.05) is 6.07 Å². The van der Waals surface area contributed by atoms with Crippen molar-refractivity contribution in [3.8, 4) is 6.07 Å². The lowest BCUT2D eigenvalue weighted by Crippen LogP contribution is -2.14. The van der Waals surface area contributed by atoms with Crippen LogP contribution in [-0.4, -0.2) is 8.42 Å². The monoisotopic (exact) mass is 384 g/mol. The zero-order valence-electron chi connectivity index (χ0n) is 10.9. The summed E-state index contributed by atoms with van der Waals surface area (Å²) in [5, 5.41) is 9.31. The Labute approximate surface area is 136 Å². The number of nitrogens with one attached hydrogen (secondary N) is 1. The van der Waals surface area contributed by atoms with Gasteiger partial charge in [0.2, 0.25) is 0 Å². The van der Waals surface area contributed by atoms with Gasteiger partial charge in [0.25, 0.3) is 10.0 Å². The number of benzene rings is 2. The predicted molar refractivity (Wildman–Crippen MR) is 85.9 cm³/mol. The van der Waals surface area contributed by atoms with Crippen molar-refractivity contribution < 1.29 is 8.42 Å². The van der Waals surface area contributed by atoms with Gasteiger partial charge in [-0.15, -0.1) is 0 Å². The normalized spacial score (nSPS) is 11.0. The maximum absolute atomic E-state index is 12.4. The van der Waals surface area contributed by atoms with Crippen LogP contribution in [0.4, 0.5) is 5.69 Å². The summed E-state index contributed by atoms with van der Waals surface area (Å²) in [6, 6.07) is 11.1. The molecule has 0 heterocycles. The number of aryl methyl sites for hydroxylation is 1. The number of anilines is 1. The molecule has 2 aromatic rings. The smallest absolute Gasteiger partial charge is 0.262 e. The zero-order chi connectivity index (χ0) is 15.6. The van der Waals surface area contributed by atoms with Crippen molar-refractivity contribution in [2.75, 3.05) is 4.72 Å². The van der Waals surface area contributed by atoms with Gasteiger partial charge in [-0.3, -0.25) is 4.72 Å². The molecule has 0 aliphatic rings. The van der Waals surface area contributed by atoms with Crippen molar-refractivity contribution >= 4 is 43.2 Å². The van der Waals surface area contributed by atoms with Gasteiger partial charge < -0.3 is 0 Å². The molecular formula is C14H10BrClN2O2S. The van der Waals surface area contributed by atoms with Crippen molar-refractivity contribution in [1.29, 1.82) is 5.26 Å². The Balaban J connectivity index is 2.38. The highest BCUT2D eigenvalue weighted by Gasteiger charge is 2.17. The van der Waals surface area contributed by atoms with Gasteiger partial charge in [0.05, 0.1) is 27.2 Å². The Morgan fingerprint density at radius 2 is 1.95 bits per heavy atom. The van der Waals surface area contributed by atoms with Crippen molar-refractivity contribution in [2.24, 2.45) is 0 Å². The van der Waals surface area contributed by atoms with Crippen molar-refractivity contribution in [3.05, 3.63) is 57.0 Å². The van der Waals surface area contributed by atoms with E-state index in [9.17, 15) is 8.42 Å². The Morgan fingerprint density at radius 3 is 2.52 bits per heavy atom. The summed E-state index contributed by atoms with van der Waals surface area (Å²) in [6.45, 7) is 1.65. The molecule has 2 rings (SSSR count). The van der Waals surface area contributed by atoms with Crippen molar-refractivity contribution in [2.45, 2.75) is 11.8 Å². The van der Waals surface area contributed by atoms with Gasteiger partial charge in [0.15, 0.2) is 0 Å². The summed E-state index contributed by atoms with van der Waals surface area (Å²) in [5.41, 5.74) is 1.32. The molecule has 0 aliphatic carbocycles. The minimum absolute atomic E-state index is 0.132. The predicted octanol–water partition coefficient (Wildman–Crippen LogP) is 4.08. The average molecular weight is 386 g/mol. The average Bonchev–Trinajstić information content (AvgIpc) is 2.42. The largest absolute Gasteiger partial charge is 0.280 e. The number of rotatable bonds is 3. The van der Waals surface area contributed by atoms with E-state index < -0.39 is 10.0 Å². The third-order valence-corrected chi connectivity index (χ3v) is 5.52. The number of sulfonamides is 1. The molecule has 0 radical (unpaired) electrons. The van der Waals surface area contributed by atoms with Gasteiger partial charge in [-0.05, 0) is 64.8 Å². The lowest BCUT2D eigenvalue weighted by atomic mass is 10.2. The highest BCUT2D eigenvalue weighted by molar-refractivity contribution is 9.10. The van der Waals surface area contributed by atoms with Gasteiger partial charge in [-0.2, -0.15) is 5.26 Å². The van der Waals surface area contributed by atoms with Crippen LogP contribution in [0.15, 0.2) is 45.8 Å². The SMILES string of the molecule is Cc1cc(C#N)ccc1S(=O)(=O)Nc1ccc(Cl)c(Br)c1. The fourth-order valence-electron chi connectivity index (χ4n) is 1.79. The summed E-state index contributed by atoms with van der Waals surface area (Å²) in [6.07, 6.45) is 0. The molecule has 7 heteroatoms. The molecular weight excluding hydrogens is 376 g/mol. The first-order valence-electron chi connectivity index (χ1n) is 5.82. The second-order valence-corrected chi connectivity index (χ2v) is 7.24. The van der Waals surface area contributed by atoms with Gasteiger partial charge >= 0.3 is 0 Å². The van der Waals surface area contributed by atoms with Gasteiger partial charge in [0.1, 0.15) is 0 Å². The van der Waals surface area contributed by atoms with Crippen LogP contribution in [-0.2, 0) is 10.0 Å². The van der Waals surface area contributed by atoms with Crippen LogP contribution in [0.5, 0.6) is 0 Å². The quantitative estimate of drug-likeness (QED) is 0.865. The van der Waals surface area contributed by atoms with E-state index in [-0.39, 0.29) is 4.90 Å². The zero-order valence-corrected chi connectivity index (χ0v) is 14.1. The van der Waals surface area contributed by atoms with Crippen LogP contribution in [0.3, 0.4) is 0 Å². The van der Waals surface area contributed by atoms with Crippen LogP contribution < -0.4 is 4.72 Å². The van der Waals surface area contributed by atoms with Crippen LogP contribution in [0.2, 0.25) is 5.02 Å². The molecule has 0 saturated carbocycles. The maximum atomic E-state index is 12.4. The first-order chi connectivity index (χ1) is 9.83. The molecule has 0 spiro atoms. The molecule has 2 aromatic carbocycles. The molecule has 108 valence electrons. The number of nitrogens with zero attached hydrogens (tertiary/aromatic N) is 1. The standard InChI is InChI=1S/C14H10BrClN2O2S/c1-9-6-10(8-17)2-5-14(9)21(19,20)18-11-3-4-13(16)12(15)7-11/h2-7,18H,1H3. The fraction of sp³-hybridized carbons (Fsp3) is 0.0714. The van der Waals surface area contributed by atoms with E-state index in [1.165, 1.54) is 18.2 Å². The summed E-state index contributed by atoms with van der Waals surface area (Å²) in [4.78, 5) is 0.132. The molecule has 0 bridgehead atoms. The number of halogens is 2. The molecule has 1 N–H and O–H groups in total. The highest BCUT2D eigenvalue weighted by Crippen LogP contribution is 2.27. The number of nitriles is 1. The Kier molecular flexibility index (Phi) is 4.57. The maximum Gasteiger partial charge on any atom is 0.262 e. The van der Waals surface area contributed by atoms with Crippen LogP contribution in [0.1, 0.15) is 11.1 Å². The lowest BCUT2D eigenvalue weighted by molar-refractivity contribution is 0.600. The van der Waals surface area contributed by atoms with Gasteiger partial charge in [-0.25, -0.2) is 8.42 Å². The number of hydrogen-bond donors (Lipinski definition) is 1. The molecule has 21 heavy (non-hydrogen) atoms. The minimum Gasteiger partial charge on any atom is -0.280 e. The number of hydrogen-bond acceptors (Lipinski definition) is 3. The van der Waals surface area contributed by atoms with Crippen LogP contribution >= 0.6 is 27.5 Å². The third-order valence-electron chi connectivity index (χ3n) is 2.77. The van der Waals surface area contributed by atoms with Gasteiger partial charge in [-0.1, -0.05) is 11.6 Å². The second kappa shape index (κ2) is 6.06. The summed E-state index contributed by atoms with van der Waals surface area (Å²) in [7, 11) is -3.72. The van der Waals surface area contributed by atoms with Crippen molar-refractivity contribution in [3.63, 3.8) is 0 Å². The fourth-order valence-corrected chi connectivity index (χ4v) is 3.56. The van der Waals surface area contributed by atoms with Gasteiger partial charge in [0, 0.05) is 4.47 Å². The van der Waals surface area contributed by atoms with E-state index >= 15 is 0 Å². The molecule has 0 amide bonds. The Bertz CT molecular complexity index is 845. The molecule has 0 saturated heterocycles. The summed E-state index contributed by atoms with van der Waals surface area (Å²) in [5.74, 6) is 0. The summed E-state index contributed by atoms with van der Waals surface area (Å²) >= 11 is 9.11. The van der Waals surface area contributed by atoms with E-state index in [0.29, 0.717) is 26.3 Å². The van der Waals surface area contributed by atoms with E-state index in [0.717, 1.165) is 0 Å². The second-order valence-electron chi connectivity index (χ2n) is 4.33. The first kappa shape index (κ1) is 15.8. The van der Waals surface area contributed by atoms with E-state index in [4.69, 9.17) is 16.9 Å². The molecule has 4 nitrogen and oxygen atoms in total. The van der Waals surface area contributed by atoms with Crippen LogP contribution in [0.25, 0.3) is 0 Å². The molecule has 0 aromatic heterocycles. The molecule has 0 atom stereocenters. The minimum atomic E-state index is -3.72. The molecule has 0 fully saturated rings. The summed E-state index contributed by atoms with van der Waals surface area (Å²) < 4.78 is 27.8. The molecule has 0 unspecified atom stereocenters. The Hall–Kier alpha value is -1.55. The van der Waals surface area contributed by atoms with Crippen molar-refractivity contribution in [1.82, 2.24) is 0 Å². The van der Waals surface area contributed by atoms with Crippen LogP contribution in [0, 0.1) is 18.3 Å². The first-order valence-corrected chi connectivity index (χ1v) is 8.47. The highest BCUT2D eigenvalue weighted by atomic mass is 79.9.